The maximum Gasteiger partial charge on any atom is 0.0623 e. The number of nitrogens with one attached hydrogen (secondary N) is 1. The molecule has 0 aromatic heterocycles. The van der Waals surface area contributed by atoms with Crippen LogP contribution in [0.15, 0.2) is 0 Å². The number of unbranched alkanes of at least 4 members (excludes halogenated alkanes) is 1. The average molecular weight is 217 g/mol. The molecule has 0 radical (unpaired) electrons. The summed E-state index contributed by atoms with van der Waals surface area (Å²) in [6.07, 6.45) is 3.37. The molecular weight excluding hydrogens is 190 g/mol. The molecular formula is C12H27NO2. The van der Waals surface area contributed by atoms with Gasteiger partial charge >= 0.3 is 0 Å². The summed E-state index contributed by atoms with van der Waals surface area (Å²) >= 11 is 0. The van der Waals surface area contributed by atoms with Crippen LogP contribution in [-0.4, -0.2) is 39.0 Å². The Bertz CT molecular complexity index is 138. The van der Waals surface area contributed by atoms with Crippen molar-refractivity contribution in [2.24, 2.45) is 0 Å². The van der Waals surface area contributed by atoms with Crippen LogP contribution in [0.5, 0.6) is 0 Å². The standard InChI is InChI=1S/C12H27NO2/c1-5-12(2,3)15-10-7-6-8-13-9-11-14-4/h13H,5-11H2,1-4H3. The summed E-state index contributed by atoms with van der Waals surface area (Å²) in [6, 6.07) is 0. The van der Waals surface area contributed by atoms with Crippen molar-refractivity contribution in [3.05, 3.63) is 0 Å². The molecule has 0 saturated heterocycles. The molecule has 0 rings (SSSR count). The Morgan fingerprint density at radius 1 is 1.07 bits per heavy atom. The maximum atomic E-state index is 5.75. The Morgan fingerprint density at radius 2 is 1.80 bits per heavy atom. The molecule has 0 aromatic rings. The summed E-state index contributed by atoms with van der Waals surface area (Å²) in [5.74, 6) is 0. The zero-order valence-electron chi connectivity index (χ0n) is 10.8. The lowest BCUT2D eigenvalue weighted by atomic mass is 10.1. The van der Waals surface area contributed by atoms with Gasteiger partial charge in [0.1, 0.15) is 0 Å². The van der Waals surface area contributed by atoms with Crippen molar-refractivity contribution < 1.29 is 9.47 Å². The van der Waals surface area contributed by atoms with Crippen LogP contribution in [0.25, 0.3) is 0 Å². The minimum absolute atomic E-state index is 0.0451. The lowest BCUT2D eigenvalue weighted by Crippen LogP contribution is -2.24. The second kappa shape index (κ2) is 9.13. The van der Waals surface area contributed by atoms with Crippen LogP contribution in [0.2, 0.25) is 0 Å². The van der Waals surface area contributed by atoms with Gasteiger partial charge in [-0.3, -0.25) is 0 Å². The summed E-state index contributed by atoms with van der Waals surface area (Å²) in [6.45, 7) is 10.1. The molecule has 0 aliphatic carbocycles. The minimum Gasteiger partial charge on any atom is -0.383 e. The van der Waals surface area contributed by atoms with Gasteiger partial charge in [0.05, 0.1) is 12.2 Å². The highest BCUT2D eigenvalue weighted by atomic mass is 16.5. The van der Waals surface area contributed by atoms with Gasteiger partial charge in [0.2, 0.25) is 0 Å². The van der Waals surface area contributed by atoms with Gasteiger partial charge in [0.25, 0.3) is 0 Å². The van der Waals surface area contributed by atoms with Gasteiger partial charge in [0.15, 0.2) is 0 Å². The van der Waals surface area contributed by atoms with Crippen molar-refractivity contribution >= 4 is 0 Å². The molecule has 0 bridgehead atoms. The van der Waals surface area contributed by atoms with Crippen LogP contribution in [0, 0.1) is 0 Å². The molecule has 0 atom stereocenters. The van der Waals surface area contributed by atoms with Crippen molar-refractivity contribution in [1.82, 2.24) is 5.32 Å². The lowest BCUT2D eigenvalue weighted by Gasteiger charge is -2.23. The van der Waals surface area contributed by atoms with E-state index in [1.807, 2.05) is 0 Å². The van der Waals surface area contributed by atoms with Crippen LogP contribution >= 0.6 is 0 Å². The zero-order valence-corrected chi connectivity index (χ0v) is 10.8. The molecule has 0 aromatic carbocycles. The summed E-state index contributed by atoms with van der Waals surface area (Å²) < 4.78 is 10.7. The van der Waals surface area contributed by atoms with Gasteiger partial charge in [-0.2, -0.15) is 0 Å². The highest BCUT2D eigenvalue weighted by Gasteiger charge is 2.13. The molecule has 0 aliphatic heterocycles. The number of hydrogen-bond acceptors (Lipinski definition) is 3. The first-order chi connectivity index (χ1) is 7.12. The predicted molar refractivity (Wildman–Crippen MR) is 64.3 cm³/mol. The van der Waals surface area contributed by atoms with Crippen molar-refractivity contribution in [1.29, 1.82) is 0 Å². The second-order valence-electron chi connectivity index (χ2n) is 4.41. The van der Waals surface area contributed by atoms with Gasteiger partial charge < -0.3 is 14.8 Å². The molecule has 0 saturated carbocycles. The third-order valence-electron chi connectivity index (χ3n) is 2.58. The fourth-order valence-corrected chi connectivity index (χ4v) is 1.10. The molecule has 3 heteroatoms. The average Bonchev–Trinajstić information content (AvgIpc) is 2.22. The SMILES string of the molecule is CCC(C)(C)OCCCCNCCOC. The summed E-state index contributed by atoms with van der Waals surface area (Å²) in [4.78, 5) is 0. The fraction of sp³-hybridized carbons (Fsp3) is 1.00. The van der Waals surface area contributed by atoms with Crippen LogP contribution in [0.1, 0.15) is 40.0 Å². The summed E-state index contributed by atoms with van der Waals surface area (Å²) in [5.41, 5.74) is 0.0451. The molecule has 0 fully saturated rings. The van der Waals surface area contributed by atoms with E-state index in [0.29, 0.717) is 0 Å². The zero-order chi connectivity index (χ0) is 11.6. The number of hydrogen-bond donors (Lipinski definition) is 1. The van der Waals surface area contributed by atoms with E-state index in [2.05, 4.69) is 26.1 Å². The molecule has 1 N–H and O–H groups in total. The third kappa shape index (κ3) is 10.2. The molecule has 92 valence electrons. The monoisotopic (exact) mass is 217 g/mol. The first-order valence-corrected chi connectivity index (χ1v) is 5.96. The van der Waals surface area contributed by atoms with E-state index >= 15 is 0 Å². The fourth-order valence-electron chi connectivity index (χ4n) is 1.10. The van der Waals surface area contributed by atoms with Gasteiger partial charge in [-0.05, 0) is 39.7 Å². The number of ether oxygens (including phenoxy) is 2. The summed E-state index contributed by atoms with van der Waals surface area (Å²) in [5, 5.41) is 3.32. The Balaban J connectivity index is 3.11. The molecule has 0 amide bonds. The number of methoxy groups -OCH3 is 1. The Morgan fingerprint density at radius 3 is 2.40 bits per heavy atom. The van der Waals surface area contributed by atoms with Crippen LogP contribution in [-0.2, 0) is 9.47 Å². The van der Waals surface area contributed by atoms with Gasteiger partial charge in [0, 0.05) is 20.3 Å². The van der Waals surface area contributed by atoms with E-state index in [9.17, 15) is 0 Å². The van der Waals surface area contributed by atoms with Gasteiger partial charge in [-0.25, -0.2) is 0 Å². The highest BCUT2D eigenvalue weighted by molar-refractivity contribution is 4.64. The summed E-state index contributed by atoms with van der Waals surface area (Å²) in [7, 11) is 1.72. The molecule has 3 nitrogen and oxygen atoms in total. The van der Waals surface area contributed by atoms with E-state index < -0.39 is 0 Å². The smallest absolute Gasteiger partial charge is 0.0623 e. The maximum absolute atomic E-state index is 5.75. The topological polar surface area (TPSA) is 30.5 Å². The van der Waals surface area contributed by atoms with E-state index in [1.165, 1.54) is 6.42 Å². The van der Waals surface area contributed by atoms with Crippen molar-refractivity contribution in [2.75, 3.05) is 33.4 Å². The van der Waals surface area contributed by atoms with Gasteiger partial charge in [-0.1, -0.05) is 6.92 Å². The van der Waals surface area contributed by atoms with E-state index in [-0.39, 0.29) is 5.60 Å². The Kier molecular flexibility index (Phi) is 9.06. The lowest BCUT2D eigenvalue weighted by molar-refractivity contribution is -0.0214. The molecule has 0 spiro atoms. The second-order valence-corrected chi connectivity index (χ2v) is 4.41. The first-order valence-electron chi connectivity index (χ1n) is 5.96. The molecule has 15 heavy (non-hydrogen) atoms. The Labute approximate surface area is 94.5 Å². The van der Waals surface area contributed by atoms with Crippen molar-refractivity contribution in [2.45, 2.75) is 45.6 Å². The van der Waals surface area contributed by atoms with Crippen molar-refractivity contribution in [3.8, 4) is 0 Å². The van der Waals surface area contributed by atoms with E-state index in [1.54, 1.807) is 7.11 Å². The normalized spacial score (nSPS) is 12.0. The van der Waals surface area contributed by atoms with E-state index in [0.717, 1.165) is 39.1 Å². The first kappa shape index (κ1) is 14.9. The molecule has 0 heterocycles. The van der Waals surface area contributed by atoms with Crippen LogP contribution in [0.3, 0.4) is 0 Å². The number of rotatable bonds is 10. The predicted octanol–water partition coefficient (Wildman–Crippen LogP) is 2.21. The van der Waals surface area contributed by atoms with Crippen LogP contribution in [0.4, 0.5) is 0 Å². The molecule has 0 unspecified atom stereocenters. The molecule has 0 aliphatic rings. The quantitative estimate of drug-likeness (QED) is 0.569. The highest BCUT2D eigenvalue weighted by Crippen LogP contribution is 2.13. The van der Waals surface area contributed by atoms with Crippen LogP contribution < -0.4 is 5.32 Å². The van der Waals surface area contributed by atoms with E-state index in [4.69, 9.17) is 9.47 Å². The largest absolute Gasteiger partial charge is 0.383 e. The van der Waals surface area contributed by atoms with Gasteiger partial charge in [-0.15, -0.1) is 0 Å². The minimum atomic E-state index is 0.0451. The third-order valence-corrected chi connectivity index (χ3v) is 2.58. The Hall–Kier alpha value is -0.120. The van der Waals surface area contributed by atoms with Crippen molar-refractivity contribution in [3.63, 3.8) is 0 Å².